The molecule has 0 saturated heterocycles. The molecule has 9 heteroatoms. The van der Waals surface area contributed by atoms with Crippen LogP contribution in [0.2, 0.25) is 6.82 Å². The Morgan fingerprint density at radius 3 is 1.77 bits per heavy atom. The molecule has 0 aliphatic heterocycles. The van der Waals surface area contributed by atoms with Gasteiger partial charge in [0, 0.05) is 26.7 Å². The molecule has 6 nitrogen and oxygen atoms in total. The van der Waals surface area contributed by atoms with Crippen molar-refractivity contribution < 1.29 is 0 Å². The number of nitrogens with zero attached hydrogens (tertiary/aromatic N) is 6. The Morgan fingerprint density at radius 1 is 0.667 bits per heavy atom. The van der Waals surface area contributed by atoms with Crippen LogP contribution in [0.1, 0.15) is 5.56 Å². The van der Waals surface area contributed by atoms with Gasteiger partial charge in [-0.2, -0.15) is 0 Å². The molecule has 6 aromatic rings. The third kappa shape index (κ3) is 3.57. The quantitative estimate of drug-likeness (QED) is 0.281. The van der Waals surface area contributed by atoms with Gasteiger partial charge in [0.25, 0.3) is 0 Å². The molecule has 3 radical (unpaired) electrons. The molecule has 0 unspecified atom stereocenters. The Bertz CT molecular complexity index is 1890. The summed E-state index contributed by atoms with van der Waals surface area (Å²) in [7, 11) is 8.60. The van der Waals surface area contributed by atoms with Gasteiger partial charge in [-0.1, -0.05) is 107 Å². The van der Waals surface area contributed by atoms with E-state index in [1.165, 1.54) is 0 Å². The van der Waals surface area contributed by atoms with Gasteiger partial charge in [0.05, 0.1) is 11.4 Å². The number of rotatable bonds is 3. The van der Waals surface area contributed by atoms with E-state index in [2.05, 4.69) is 77.8 Å². The van der Waals surface area contributed by atoms with Gasteiger partial charge in [-0.15, -0.1) is 10.2 Å². The highest BCUT2D eigenvalue weighted by Gasteiger charge is 2.31. The minimum Gasteiger partial charge on any atom is -0.212 e. The predicted molar refractivity (Wildman–Crippen MR) is 161 cm³/mol. The van der Waals surface area contributed by atoms with E-state index >= 15 is 0 Å². The van der Waals surface area contributed by atoms with Crippen LogP contribution < -0.4 is 10.9 Å². The van der Waals surface area contributed by atoms with E-state index in [-0.39, 0.29) is 0 Å². The summed E-state index contributed by atoms with van der Waals surface area (Å²) in [4.78, 5) is 0. The summed E-state index contributed by atoms with van der Waals surface area (Å²) in [6.45, 7) is 4.15. The van der Waals surface area contributed by atoms with Gasteiger partial charge in [0.1, 0.15) is 30.6 Å². The number of aryl methyl sites for hydroxylation is 1. The molecular formula is C30H20B2BrN6. The van der Waals surface area contributed by atoms with Gasteiger partial charge >= 0.3 is 0 Å². The Labute approximate surface area is 236 Å². The first-order valence-corrected chi connectivity index (χ1v) is 13.4. The monoisotopic (exact) mass is 565 g/mol. The largest absolute Gasteiger partial charge is 0.212 e. The Kier molecular flexibility index (Phi) is 5.63. The number of fused-ring (bicyclic) bond motifs is 8. The molecule has 1 aliphatic rings. The maximum Gasteiger partial charge on any atom is 0.151 e. The third-order valence-electron chi connectivity index (χ3n) is 7.24. The van der Waals surface area contributed by atoms with E-state index in [1.807, 2.05) is 58.7 Å². The Morgan fingerprint density at radius 2 is 1.21 bits per heavy atom. The van der Waals surface area contributed by atoms with Gasteiger partial charge in [0.15, 0.2) is 7.28 Å². The molecular weight excluding hydrogens is 546 g/mol. The number of halogens is 1. The van der Waals surface area contributed by atoms with Crippen molar-refractivity contribution in [1.29, 1.82) is 0 Å². The zero-order valence-electron chi connectivity index (χ0n) is 21.3. The van der Waals surface area contributed by atoms with Crippen molar-refractivity contribution in [2.75, 3.05) is 0 Å². The Hall–Kier alpha value is -4.23. The standard InChI is InChI=1S/C30H20B2BrN6/c1-17-9-7-15-23(32-2)27(17)38-28-20-12-5-6-13-21(20)29-26(19-11-4-3-10-18(19)25(28)34-36-38)35-37-39(29)30-22(31)14-8-16-24(30)33/h3-16H,1-2H3. The average Bonchev–Trinajstić information content (AvgIpc) is 3.56. The highest BCUT2D eigenvalue weighted by atomic mass is 79.9. The van der Waals surface area contributed by atoms with Crippen LogP contribution in [0.25, 0.3) is 56.4 Å². The zero-order chi connectivity index (χ0) is 26.7. The van der Waals surface area contributed by atoms with Gasteiger partial charge in [-0.3, -0.25) is 0 Å². The van der Waals surface area contributed by atoms with Crippen molar-refractivity contribution in [3.05, 3.63) is 95.0 Å². The lowest BCUT2D eigenvalue weighted by Crippen LogP contribution is -2.21. The number of aromatic nitrogens is 6. The maximum absolute atomic E-state index is 6.49. The molecule has 2 aromatic heterocycles. The van der Waals surface area contributed by atoms with Crippen molar-refractivity contribution >= 4 is 42.0 Å². The fraction of sp³-hybridized carbons (Fsp3) is 0.0667. The summed E-state index contributed by atoms with van der Waals surface area (Å²) in [5.74, 6) is 0. The summed E-state index contributed by atoms with van der Waals surface area (Å²) in [6.07, 6.45) is 0. The van der Waals surface area contributed by atoms with E-state index in [0.717, 1.165) is 71.9 Å². The topological polar surface area (TPSA) is 61.4 Å². The molecule has 0 N–H and O–H groups in total. The molecule has 0 amide bonds. The van der Waals surface area contributed by atoms with E-state index in [4.69, 9.17) is 23.3 Å². The second-order valence-electron chi connectivity index (χ2n) is 9.47. The van der Waals surface area contributed by atoms with Crippen molar-refractivity contribution in [2.45, 2.75) is 13.7 Å². The minimum absolute atomic E-state index is 0.598. The van der Waals surface area contributed by atoms with E-state index in [0.29, 0.717) is 5.46 Å². The van der Waals surface area contributed by atoms with Crippen molar-refractivity contribution in [3.63, 3.8) is 0 Å². The predicted octanol–water partition coefficient (Wildman–Crippen LogP) is 5.07. The number of hydrogen-bond donors (Lipinski definition) is 0. The molecule has 1 aliphatic carbocycles. The maximum atomic E-state index is 6.49. The summed E-state index contributed by atoms with van der Waals surface area (Å²) in [6, 6.07) is 28.5. The molecule has 4 aromatic carbocycles. The highest BCUT2D eigenvalue weighted by molar-refractivity contribution is 9.10. The second-order valence-corrected chi connectivity index (χ2v) is 10.3. The smallest absolute Gasteiger partial charge is 0.151 e. The molecule has 0 fully saturated rings. The molecule has 0 saturated carbocycles. The van der Waals surface area contributed by atoms with Crippen molar-refractivity contribution in [1.82, 2.24) is 30.0 Å². The minimum atomic E-state index is 0.598. The van der Waals surface area contributed by atoms with Gasteiger partial charge in [0.2, 0.25) is 0 Å². The first-order valence-electron chi connectivity index (χ1n) is 12.6. The Balaban J connectivity index is 1.63. The first-order chi connectivity index (χ1) is 19.1. The van der Waals surface area contributed by atoms with Crippen LogP contribution >= 0.6 is 15.9 Å². The van der Waals surface area contributed by atoms with Crippen LogP contribution in [-0.4, -0.2) is 45.1 Å². The first kappa shape index (κ1) is 23.9. The van der Waals surface area contributed by atoms with Crippen LogP contribution in [0.4, 0.5) is 0 Å². The van der Waals surface area contributed by atoms with Gasteiger partial charge in [-0.25, -0.2) is 9.36 Å². The lowest BCUT2D eigenvalue weighted by atomic mass is 9.71. The third-order valence-corrected chi connectivity index (χ3v) is 7.88. The van der Waals surface area contributed by atoms with Gasteiger partial charge < -0.3 is 0 Å². The van der Waals surface area contributed by atoms with Crippen molar-refractivity contribution in [2.24, 2.45) is 0 Å². The summed E-state index contributed by atoms with van der Waals surface area (Å²) < 4.78 is 4.64. The molecule has 7 rings (SSSR count). The number of hydrogen-bond acceptors (Lipinski definition) is 4. The normalized spacial score (nSPS) is 11.6. The fourth-order valence-electron chi connectivity index (χ4n) is 5.47. The lowest BCUT2D eigenvalue weighted by molar-refractivity contribution is 0.804. The van der Waals surface area contributed by atoms with Gasteiger partial charge in [-0.05, 0) is 34.5 Å². The molecule has 0 spiro atoms. The van der Waals surface area contributed by atoms with E-state index < -0.39 is 0 Å². The van der Waals surface area contributed by atoms with Crippen LogP contribution in [0.3, 0.4) is 0 Å². The van der Waals surface area contributed by atoms with Crippen molar-refractivity contribution in [3.8, 4) is 56.4 Å². The zero-order valence-corrected chi connectivity index (χ0v) is 22.9. The van der Waals surface area contributed by atoms with Crippen LogP contribution in [0, 0.1) is 6.92 Å². The van der Waals surface area contributed by atoms with E-state index in [1.54, 1.807) is 0 Å². The molecule has 39 heavy (non-hydrogen) atoms. The SMILES string of the molecule is [B]c1cccc(Br)c1-n1nnc2c1-c1ccccc1-c1c(nnn1-c1c(C)cccc1[B]C)-c1ccccc1-2. The summed E-state index contributed by atoms with van der Waals surface area (Å²) in [5, 5.41) is 18.9. The van der Waals surface area contributed by atoms with Crippen LogP contribution in [-0.2, 0) is 0 Å². The lowest BCUT2D eigenvalue weighted by Gasteiger charge is -2.21. The fourth-order valence-corrected chi connectivity index (χ4v) is 6.02. The number of para-hydroxylation sites is 2. The van der Waals surface area contributed by atoms with Crippen LogP contribution in [0.5, 0.6) is 0 Å². The van der Waals surface area contributed by atoms with E-state index in [9.17, 15) is 0 Å². The molecule has 0 atom stereocenters. The highest BCUT2D eigenvalue weighted by Crippen LogP contribution is 2.47. The summed E-state index contributed by atoms with van der Waals surface area (Å²) in [5.41, 5.74) is 11.7. The van der Waals surface area contributed by atoms with Crippen LogP contribution in [0.15, 0.2) is 89.4 Å². The molecule has 0 bridgehead atoms. The second kappa shape index (κ2) is 9.20. The molecule has 183 valence electrons. The molecule has 2 heterocycles. The summed E-state index contributed by atoms with van der Waals surface area (Å²) >= 11 is 3.69. The average molecular weight is 566 g/mol. The number of benzene rings is 4.